The van der Waals surface area contributed by atoms with Crippen LogP contribution in [0.25, 0.3) is 0 Å². The van der Waals surface area contributed by atoms with E-state index in [9.17, 15) is 4.79 Å². The van der Waals surface area contributed by atoms with Gasteiger partial charge in [-0.3, -0.25) is 4.79 Å². The summed E-state index contributed by atoms with van der Waals surface area (Å²) in [5.74, 6) is 0.0753. The molecule has 4 nitrogen and oxygen atoms in total. The van der Waals surface area contributed by atoms with Gasteiger partial charge in [-0.05, 0) is 27.2 Å². The predicted octanol–water partition coefficient (Wildman–Crippen LogP) is 0.343. The first-order valence-electron chi connectivity index (χ1n) is 5.15. The Labute approximate surface area is 86.1 Å². The molecule has 0 fully saturated rings. The maximum absolute atomic E-state index is 11.6. The third-order valence-electron chi connectivity index (χ3n) is 2.10. The van der Waals surface area contributed by atoms with Crippen molar-refractivity contribution >= 4 is 5.91 Å². The number of rotatable bonds is 6. The monoisotopic (exact) mass is 202 g/mol. The summed E-state index contributed by atoms with van der Waals surface area (Å²) in [4.78, 5) is 13.3. The number of amides is 1. The van der Waals surface area contributed by atoms with Crippen molar-refractivity contribution in [3.63, 3.8) is 0 Å². The van der Waals surface area contributed by atoms with Crippen LogP contribution in [0, 0.1) is 0 Å². The molecule has 1 amide bonds. The van der Waals surface area contributed by atoms with Crippen LogP contribution < -0.4 is 5.73 Å². The zero-order chi connectivity index (χ0) is 11.1. The van der Waals surface area contributed by atoms with Gasteiger partial charge in [-0.25, -0.2) is 0 Å². The lowest BCUT2D eigenvalue weighted by atomic mass is 10.1. The van der Waals surface area contributed by atoms with E-state index in [4.69, 9.17) is 10.8 Å². The van der Waals surface area contributed by atoms with Gasteiger partial charge in [0.05, 0.1) is 6.61 Å². The molecule has 14 heavy (non-hydrogen) atoms. The largest absolute Gasteiger partial charge is 0.395 e. The van der Waals surface area contributed by atoms with Gasteiger partial charge in [0.1, 0.15) is 0 Å². The van der Waals surface area contributed by atoms with Crippen LogP contribution in [0.4, 0.5) is 0 Å². The summed E-state index contributed by atoms with van der Waals surface area (Å²) >= 11 is 0. The molecule has 0 aliphatic heterocycles. The highest BCUT2D eigenvalue weighted by atomic mass is 16.3. The highest BCUT2D eigenvalue weighted by Gasteiger charge is 2.15. The molecule has 4 heteroatoms. The lowest BCUT2D eigenvalue weighted by Gasteiger charge is -2.26. The van der Waals surface area contributed by atoms with Gasteiger partial charge in [-0.1, -0.05) is 0 Å². The van der Waals surface area contributed by atoms with Gasteiger partial charge in [0, 0.05) is 25.0 Å². The molecule has 0 aliphatic carbocycles. The summed E-state index contributed by atoms with van der Waals surface area (Å²) in [6.07, 6.45) is 1.17. The summed E-state index contributed by atoms with van der Waals surface area (Å²) in [6, 6.07) is 0.199. The van der Waals surface area contributed by atoms with Crippen LogP contribution >= 0.6 is 0 Å². The Morgan fingerprint density at radius 1 is 1.43 bits per heavy atom. The minimum atomic E-state index is 0.0160. The standard InChI is InChI=1S/C10H22N2O2/c1-8(2)12(6-7-13)10(14)5-4-9(3)11/h8-9,13H,4-7,11H2,1-3H3. The molecule has 0 bridgehead atoms. The summed E-state index contributed by atoms with van der Waals surface area (Å²) in [6.45, 7) is 6.20. The number of nitrogens with two attached hydrogens (primary N) is 1. The maximum Gasteiger partial charge on any atom is 0.222 e. The van der Waals surface area contributed by atoms with Crippen LogP contribution in [0.1, 0.15) is 33.6 Å². The van der Waals surface area contributed by atoms with Gasteiger partial charge in [-0.2, -0.15) is 0 Å². The van der Waals surface area contributed by atoms with Crippen LogP contribution in [-0.2, 0) is 4.79 Å². The Balaban J connectivity index is 4.02. The molecular formula is C10H22N2O2. The number of hydrogen-bond acceptors (Lipinski definition) is 3. The molecule has 0 saturated carbocycles. The fourth-order valence-corrected chi connectivity index (χ4v) is 1.27. The van der Waals surface area contributed by atoms with Crippen LogP contribution in [0.3, 0.4) is 0 Å². The average molecular weight is 202 g/mol. The lowest BCUT2D eigenvalue weighted by Crippen LogP contribution is -2.39. The van der Waals surface area contributed by atoms with E-state index in [1.165, 1.54) is 0 Å². The van der Waals surface area contributed by atoms with Gasteiger partial charge in [0.25, 0.3) is 0 Å². The normalized spacial score (nSPS) is 13.0. The first kappa shape index (κ1) is 13.4. The third kappa shape index (κ3) is 5.19. The van der Waals surface area contributed by atoms with Crippen molar-refractivity contribution in [2.45, 2.75) is 45.7 Å². The number of carbonyl (C=O) groups excluding carboxylic acids is 1. The van der Waals surface area contributed by atoms with Crippen molar-refractivity contribution < 1.29 is 9.90 Å². The summed E-state index contributed by atoms with van der Waals surface area (Å²) < 4.78 is 0. The van der Waals surface area contributed by atoms with Gasteiger partial charge in [-0.15, -0.1) is 0 Å². The quantitative estimate of drug-likeness (QED) is 0.653. The first-order chi connectivity index (χ1) is 6.49. The van der Waals surface area contributed by atoms with Crippen LogP contribution in [-0.4, -0.2) is 41.1 Å². The Morgan fingerprint density at radius 3 is 2.36 bits per heavy atom. The van der Waals surface area contributed by atoms with Crippen molar-refractivity contribution in [3.8, 4) is 0 Å². The zero-order valence-corrected chi connectivity index (χ0v) is 9.36. The van der Waals surface area contributed by atoms with Crippen molar-refractivity contribution in [1.82, 2.24) is 4.90 Å². The van der Waals surface area contributed by atoms with E-state index in [2.05, 4.69) is 0 Å². The molecule has 1 atom stereocenters. The Morgan fingerprint density at radius 2 is 2.00 bits per heavy atom. The molecule has 1 unspecified atom stereocenters. The van der Waals surface area contributed by atoms with E-state index in [1.807, 2.05) is 20.8 Å². The Bertz CT molecular complexity index is 170. The third-order valence-corrected chi connectivity index (χ3v) is 2.10. The van der Waals surface area contributed by atoms with Gasteiger partial charge in [0.15, 0.2) is 0 Å². The molecule has 0 heterocycles. The van der Waals surface area contributed by atoms with Crippen molar-refractivity contribution in [2.75, 3.05) is 13.2 Å². The zero-order valence-electron chi connectivity index (χ0n) is 9.36. The number of hydrogen-bond donors (Lipinski definition) is 2. The smallest absolute Gasteiger partial charge is 0.222 e. The molecule has 0 aliphatic rings. The summed E-state index contributed by atoms with van der Waals surface area (Å²) in [5, 5.41) is 8.79. The number of aliphatic hydroxyl groups is 1. The number of aliphatic hydroxyl groups excluding tert-OH is 1. The molecule has 0 saturated heterocycles. The second-order valence-corrected chi connectivity index (χ2v) is 3.92. The first-order valence-corrected chi connectivity index (χ1v) is 5.15. The fraction of sp³-hybridized carbons (Fsp3) is 0.900. The second kappa shape index (κ2) is 6.79. The average Bonchev–Trinajstić information content (AvgIpc) is 2.09. The van der Waals surface area contributed by atoms with Gasteiger partial charge >= 0.3 is 0 Å². The highest BCUT2D eigenvalue weighted by molar-refractivity contribution is 5.76. The van der Waals surface area contributed by atoms with Crippen molar-refractivity contribution in [2.24, 2.45) is 5.73 Å². The van der Waals surface area contributed by atoms with E-state index >= 15 is 0 Å². The summed E-state index contributed by atoms with van der Waals surface area (Å²) in [7, 11) is 0. The van der Waals surface area contributed by atoms with Gasteiger partial charge < -0.3 is 15.7 Å². The Hall–Kier alpha value is -0.610. The Kier molecular flexibility index (Phi) is 6.49. The molecule has 0 radical (unpaired) electrons. The van der Waals surface area contributed by atoms with E-state index in [1.54, 1.807) is 4.90 Å². The van der Waals surface area contributed by atoms with Gasteiger partial charge in [0.2, 0.25) is 5.91 Å². The van der Waals surface area contributed by atoms with E-state index < -0.39 is 0 Å². The van der Waals surface area contributed by atoms with Crippen LogP contribution in [0.15, 0.2) is 0 Å². The molecule has 3 N–H and O–H groups in total. The van der Waals surface area contributed by atoms with Crippen molar-refractivity contribution in [1.29, 1.82) is 0 Å². The topological polar surface area (TPSA) is 66.6 Å². The van der Waals surface area contributed by atoms with E-state index in [-0.39, 0.29) is 24.6 Å². The SMILES string of the molecule is CC(N)CCC(=O)N(CCO)C(C)C. The minimum absolute atomic E-state index is 0.0160. The molecule has 0 aromatic carbocycles. The van der Waals surface area contributed by atoms with E-state index in [0.29, 0.717) is 19.4 Å². The molecule has 0 aromatic heterocycles. The molecule has 0 aromatic rings. The highest BCUT2D eigenvalue weighted by Crippen LogP contribution is 2.04. The van der Waals surface area contributed by atoms with Crippen LogP contribution in [0.5, 0.6) is 0 Å². The van der Waals surface area contributed by atoms with Crippen LogP contribution in [0.2, 0.25) is 0 Å². The second-order valence-electron chi connectivity index (χ2n) is 3.92. The fourth-order valence-electron chi connectivity index (χ4n) is 1.27. The predicted molar refractivity (Wildman–Crippen MR) is 56.8 cm³/mol. The lowest BCUT2D eigenvalue weighted by molar-refractivity contribution is -0.133. The number of nitrogens with zero attached hydrogens (tertiary/aromatic N) is 1. The molecule has 0 rings (SSSR count). The van der Waals surface area contributed by atoms with Crippen molar-refractivity contribution in [3.05, 3.63) is 0 Å². The molecule has 0 spiro atoms. The van der Waals surface area contributed by atoms with E-state index in [0.717, 1.165) is 0 Å². The minimum Gasteiger partial charge on any atom is -0.395 e. The summed E-state index contributed by atoms with van der Waals surface area (Å²) in [5.41, 5.74) is 5.57. The molecular weight excluding hydrogens is 180 g/mol. The number of carbonyl (C=O) groups is 1. The molecule has 84 valence electrons. The maximum atomic E-state index is 11.6.